The molecule has 4 nitrogen and oxygen atoms in total. The maximum absolute atomic E-state index is 11.3. The van der Waals surface area contributed by atoms with Crippen molar-refractivity contribution in [3.63, 3.8) is 0 Å². The van der Waals surface area contributed by atoms with Gasteiger partial charge in [-0.2, -0.15) is 0 Å². The Balaban J connectivity index is 3.05. The minimum absolute atomic E-state index is 0.0777. The third-order valence-electron chi connectivity index (χ3n) is 1.48. The highest BCUT2D eigenvalue weighted by molar-refractivity contribution is 7.92. The Labute approximate surface area is 86.0 Å². The van der Waals surface area contributed by atoms with Gasteiger partial charge in [0.05, 0.1) is 16.6 Å². The molecule has 0 spiro atoms. The number of carbonyl (C=O) groups is 1. The van der Waals surface area contributed by atoms with Crippen LogP contribution in [0.15, 0.2) is 29.2 Å². The van der Waals surface area contributed by atoms with Crippen molar-refractivity contribution >= 4 is 27.4 Å². The summed E-state index contributed by atoms with van der Waals surface area (Å²) in [7, 11) is -3.80. The van der Waals surface area contributed by atoms with Gasteiger partial charge in [0.15, 0.2) is 9.84 Å². The van der Waals surface area contributed by atoms with Gasteiger partial charge in [-0.05, 0) is 24.3 Å². The first-order valence-electron chi connectivity index (χ1n) is 3.60. The highest BCUT2D eigenvalue weighted by atomic mass is 35.5. The van der Waals surface area contributed by atoms with Gasteiger partial charge in [0.2, 0.25) is 0 Å². The summed E-state index contributed by atoms with van der Waals surface area (Å²) in [6.07, 6.45) is 0. The van der Waals surface area contributed by atoms with Gasteiger partial charge >= 0.3 is 0 Å². The molecule has 1 aromatic carbocycles. The van der Waals surface area contributed by atoms with Gasteiger partial charge in [-0.1, -0.05) is 11.6 Å². The summed E-state index contributed by atoms with van der Waals surface area (Å²) < 4.78 is 22.6. The molecular weight excluding hydrogens is 228 g/mol. The summed E-state index contributed by atoms with van der Waals surface area (Å²) in [4.78, 5) is 10.1. The Morgan fingerprint density at radius 3 is 2.21 bits per heavy atom. The average Bonchev–Trinajstić information content (AvgIpc) is 2.02. The molecule has 1 aromatic rings. The molecule has 0 amide bonds. The second-order valence-corrected chi connectivity index (χ2v) is 5.01. The van der Waals surface area contributed by atoms with Gasteiger partial charge in [-0.3, -0.25) is 0 Å². The fraction of sp³-hybridized carbons (Fsp3) is 0.125. The average molecular weight is 234 g/mol. The highest BCUT2D eigenvalue weighted by Crippen LogP contribution is 2.14. The molecule has 0 aromatic heterocycles. The Bertz CT molecular complexity index is 435. The third kappa shape index (κ3) is 2.71. The Kier molecular flexibility index (Phi) is 3.13. The fourth-order valence-electron chi connectivity index (χ4n) is 0.880. The van der Waals surface area contributed by atoms with Gasteiger partial charge in [0, 0.05) is 5.02 Å². The van der Waals surface area contributed by atoms with Gasteiger partial charge in [0.1, 0.15) is 0 Å². The van der Waals surface area contributed by atoms with E-state index < -0.39 is 21.6 Å². The van der Waals surface area contributed by atoms with Crippen molar-refractivity contribution in [3.05, 3.63) is 29.3 Å². The van der Waals surface area contributed by atoms with Crippen molar-refractivity contribution in [1.29, 1.82) is 0 Å². The maximum atomic E-state index is 11.3. The van der Waals surface area contributed by atoms with Gasteiger partial charge < -0.3 is 9.90 Å². The largest absolute Gasteiger partial charge is 0.549 e. The standard InChI is InChI=1S/C8H7ClO4S/c9-6-1-3-7(4-2-6)14(12,13)5-8(10)11/h1-4H,5H2,(H,10,11)/p-1. The van der Waals surface area contributed by atoms with E-state index in [4.69, 9.17) is 11.6 Å². The number of rotatable bonds is 3. The number of halogens is 1. The first kappa shape index (κ1) is 11.0. The SMILES string of the molecule is O=C([O-])CS(=O)(=O)c1ccc(Cl)cc1. The van der Waals surface area contributed by atoms with Crippen LogP contribution in [0.1, 0.15) is 0 Å². The number of carboxylic acid groups (broad SMARTS) is 1. The van der Waals surface area contributed by atoms with Gasteiger partial charge in [-0.25, -0.2) is 8.42 Å². The van der Waals surface area contributed by atoms with E-state index in [-0.39, 0.29) is 4.90 Å². The topological polar surface area (TPSA) is 74.3 Å². The number of benzene rings is 1. The molecule has 0 unspecified atom stereocenters. The normalized spacial score (nSPS) is 11.2. The number of sulfone groups is 1. The van der Waals surface area contributed by atoms with Crippen molar-refractivity contribution < 1.29 is 18.3 Å². The maximum Gasteiger partial charge on any atom is 0.183 e. The molecule has 14 heavy (non-hydrogen) atoms. The molecule has 0 aliphatic carbocycles. The van der Waals surface area contributed by atoms with E-state index in [1.165, 1.54) is 24.3 Å². The van der Waals surface area contributed by atoms with Crippen LogP contribution in [0.2, 0.25) is 5.02 Å². The quantitative estimate of drug-likeness (QED) is 0.729. The molecule has 6 heteroatoms. The third-order valence-corrected chi connectivity index (χ3v) is 3.34. The van der Waals surface area contributed by atoms with Crippen LogP contribution in [0.5, 0.6) is 0 Å². The monoisotopic (exact) mass is 233 g/mol. The predicted octanol–water partition coefficient (Wildman–Crippen LogP) is -0.136. The summed E-state index contributed by atoms with van der Waals surface area (Å²) >= 11 is 5.54. The minimum atomic E-state index is -3.80. The van der Waals surface area contributed by atoms with E-state index in [0.29, 0.717) is 5.02 Å². The molecule has 0 aliphatic rings. The second kappa shape index (κ2) is 3.98. The molecule has 1 rings (SSSR count). The zero-order chi connectivity index (χ0) is 10.8. The van der Waals surface area contributed by atoms with Crippen LogP contribution in [-0.4, -0.2) is 20.1 Å². The summed E-state index contributed by atoms with van der Waals surface area (Å²) in [5.41, 5.74) is 0. The van der Waals surface area contributed by atoms with Crippen LogP contribution < -0.4 is 5.11 Å². The van der Waals surface area contributed by atoms with Crippen molar-refractivity contribution in [2.75, 3.05) is 5.75 Å². The van der Waals surface area contributed by atoms with Crippen LogP contribution >= 0.6 is 11.6 Å². The van der Waals surface area contributed by atoms with E-state index in [1.54, 1.807) is 0 Å². The van der Waals surface area contributed by atoms with Crippen LogP contribution in [0.4, 0.5) is 0 Å². The predicted molar refractivity (Wildman–Crippen MR) is 48.5 cm³/mol. The number of carbonyl (C=O) groups excluding carboxylic acids is 1. The molecule has 0 saturated heterocycles. The van der Waals surface area contributed by atoms with Crippen LogP contribution in [0.25, 0.3) is 0 Å². The van der Waals surface area contributed by atoms with Crippen molar-refractivity contribution in [1.82, 2.24) is 0 Å². The van der Waals surface area contributed by atoms with Crippen LogP contribution in [0.3, 0.4) is 0 Å². The molecule has 0 N–H and O–H groups in total. The summed E-state index contributed by atoms with van der Waals surface area (Å²) in [6, 6.07) is 5.26. The Morgan fingerprint density at radius 1 is 1.29 bits per heavy atom. The van der Waals surface area contributed by atoms with Gasteiger partial charge in [-0.15, -0.1) is 0 Å². The highest BCUT2D eigenvalue weighted by Gasteiger charge is 2.13. The van der Waals surface area contributed by atoms with Crippen molar-refractivity contribution in [2.24, 2.45) is 0 Å². The number of hydrogen-bond acceptors (Lipinski definition) is 4. The minimum Gasteiger partial charge on any atom is -0.549 e. The number of hydrogen-bond donors (Lipinski definition) is 0. The Hall–Kier alpha value is -1.07. The molecule has 0 radical (unpaired) electrons. The van der Waals surface area contributed by atoms with Crippen molar-refractivity contribution in [3.8, 4) is 0 Å². The molecule has 0 heterocycles. The van der Waals surface area contributed by atoms with Crippen LogP contribution in [0, 0.1) is 0 Å². The second-order valence-electron chi connectivity index (χ2n) is 2.59. The fourth-order valence-corrected chi connectivity index (χ4v) is 2.03. The zero-order valence-corrected chi connectivity index (χ0v) is 8.51. The Morgan fingerprint density at radius 2 is 1.79 bits per heavy atom. The first-order valence-corrected chi connectivity index (χ1v) is 5.63. The van der Waals surface area contributed by atoms with Crippen LogP contribution in [-0.2, 0) is 14.6 Å². The molecule has 0 atom stereocenters. The van der Waals surface area contributed by atoms with Crippen molar-refractivity contribution in [2.45, 2.75) is 4.90 Å². The summed E-state index contributed by atoms with van der Waals surface area (Å²) in [6.45, 7) is 0. The number of aliphatic carboxylic acids is 1. The smallest absolute Gasteiger partial charge is 0.183 e. The summed E-state index contributed by atoms with van der Waals surface area (Å²) in [5.74, 6) is -2.64. The molecule has 0 aliphatic heterocycles. The van der Waals surface area contributed by atoms with E-state index >= 15 is 0 Å². The lowest BCUT2D eigenvalue weighted by atomic mass is 10.4. The first-order chi connectivity index (χ1) is 6.42. The lowest BCUT2D eigenvalue weighted by molar-refractivity contribution is -0.301. The van der Waals surface area contributed by atoms with E-state index in [1.807, 2.05) is 0 Å². The van der Waals surface area contributed by atoms with Gasteiger partial charge in [0.25, 0.3) is 0 Å². The molecular formula is C8H6ClO4S-. The van der Waals surface area contributed by atoms with E-state index in [0.717, 1.165) is 0 Å². The van der Waals surface area contributed by atoms with E-state index in [2.05, 4.69) is 0 Å². The molecule has 76 valence electrons. The van der Waals surface area contributed by atoms with E-state index in [9.17, 15) is 18.3 Å². The summed E-state index contributed by atoms with van der Waals surface area (Å²) in [5, 5.41) is 10.5. The lowest BCUT2D eigenvalue weighted by Gasteiger charge is -2.04. The zero-order valence-electron chi connectivity index (χ0n) is 6.94. The molecule has 0 bridgehead atoms. The number of carboxylic acids is 1. The molecule has 0 fully saturated rings. The lowest BCUT2D eigenvalue weighted by Crippen LogP contribution is -2.30. The molecule has 0 saturated carbocycles.